The van der Waals surface area contributed by atoms with E-state index in [1.54, 1.807) is 43.1 Å². The molecule has 0 spiro atoms. The molecular formula is C19H15FN4O2S. The van der Waals surface area contributed by atoms with Crippen LogP contribution >= 0.6 is 0 Å². The van der Waals surface area contributed by atoms with Gasteiger partial charge in [0.15, 0.2) is 0 Å². The van der Waals surface area contributed by atoms with Crippen LogP contribution in [-0.2, 0) is 16.4 Å². The molecule has 0 saturated heterocycles. The molecule has 6 nitrogen and oxygen atoms in total. The molecule has 0 aliphatic heterocycles. The van der Waals surface area contributed by atoms with Gasteiger partial charge in [-0.2, -0.15) is 5.10 Å². The monoisotopic (exact) mass is 382 g/mol. The normalized spacial score (nSPS) is 11.6. The van der Waals surface area contributed by atoms with Crippen molar-refractivity contribution in [2.24, 2.45) is 0 Å². The lowest BCUT2D eigenvalue weighted by Gasteiger charge is -2.09. The van der Waals surface area contributed by atoms with E-state index in [0.717, 1.165) is 11.6 Å². The second-order valence-electron chi connectivity index (χ2n) is 5.95. The van der Waals surface area contributed by atoms with E-state index in [-0.39, 0.29) is 9.79 Å². The molecule has 27 heavy (non-hydrogen) atoms. The average molecular weight is 382 g/mol. The molecule has 0 saturated carbocycles. The Bertz CT molecular complexity index is 1150. The molecule has 0 aliphatic carbocycles. The van der Waals surface area contributed by atoms with Gasteiger partial charge in [-0.1, -0.05) is 12.1 Å². The summed E-state index contributed by atoms with van der Waals surface area (Å²) >= 11 is 0. The van der Waals surface area contributed by atoms with Gasteiger partial charge in [-0.15, -0.1) is 0 Å². The number of imidazole rings is 1. The van der Waals surface area contributed by atoms with Crippen molar-refractivity contribution in [1.29, 1.82) is 0 Å². The van der Waals surface area contributed by atoms with Crippen molar-refractivity contribution in [1.82, 2.24) is 19.3 Å². The van der Waals surface area contributed by atoms with Gasteiger partial charge in [0.25, 0.3) is 0 Å². The fourth-order valence-electron chi connectivity index (χ4n) is 2.76. The predicted octanol–water partition coefficient (Wildman–Crippen LogP) is 3.09. The molecule has 0 N–H and O–H groups in total. The van der Waals surface area contributed by atoms with E-state index in [9.17, 15) is 12.8 Å². The van der Waals surface area contributed by atoms with E-state index in [1.807, 2.05) is 10.8 Å². The summed E-state index contributed by atoms with van der Waals surface area (Å²) in [5, 5.41) is 4.01. The van der Waals surface area contributed by atoms with Crippen LogP contribution in [0.1, 0.15) is 5.56 Å². The van der Waals surface area contributed by atoms with Crippen molar-refractivity contribution in [2.75, 3.05) is 0 Å². The van der Waals surface area contributed by atoms with Gasteiger partial charge in [0, 0.05) is 37.4 Å². The highest BCUT2D eigenvalue weighted by atomic mass is 32.2. The summed E-state index contributed by atoms with van der Waals surface area (Å²) in [7, 11) is -3.96. The van der Waals surface area contributed by atoms with Crippen molar-refractivity contribution >= 4 is 9.84 Å². The first-order valence-electron chi connectivity index (χ1n) is 8.13. The quantitative estimate of drug-likeness (QED) is 0.532. The van der Waals surface area contributed by atoms with Gasteiger partial charge in [-0.3, -0.25) is 0 Å². The number of nitrogens with zero attached hydrogens (tertiary/aromatic N) is 4. The maximum atomic E-state index is 14.5. The van der Waals surface area contributed by atoms with Crippen LogP contribution in [0.5, 0.6) is 0 Å². The molecule has 0 amide bonds. The fourth-order valence-corrected chi connectivity index (χ4v) is 4.07. The van der Waals surface area contributed by atoms with Crippen molar-refractivity contribution < 1.29 is 12.8 Å². The van der Waals surface area contributed by atoms with Crippen LogP contribution in [0.3, 0.4) is 0 Å². The van der Waals surface area contributed by atoms with Gasteiger partial charge < -0.3 is 4.57 Å². The zero-order chi connectivity index (χ0) is 18.9. The Kier molecular flexibility index (Phi) is 4.33. The molecule has 0 radical (unpaired) electrons. The Labute approximate surface area is 155 Å². The lowest BCUT2D eigenvalue weighted by Crippen LogP contribution is -2.06. The van der Waals surface area contributed by atoms with E-state index in [0.29, 0.717) is 12.2 Å². The number of benzene rings is 2. The fraction of sp³-hybridized carbons (Fsp3) is 0.0526. The summed E-state index contributed by atoms with van der Waals surface area (Å²) in [6.07, 6.45) is 8.40. The molecule has 8 heteroatoms. The summed E-state index contributed by atoms with van der Waals surface area (Å²) in [6, 6.07) is 12.1. The molecule has 0 bridgehead atoms. The number of sulfone groups is 1. The maximum Gasteiger partial charge on any atom is 0.209 e. The third-order valence-electron chi connectivity index (χ3n) is 4.13. The number of halogens is 1. The Morgan fingerprint density at radius 1 is 1.00 bits per heavy atom. The molecule has 2 aromatic heterocycles. The average Bonchev–Trinajstić information content (AvgIpc) is 3.36. The zero-order valence-electron chi connectivity index (χ0n) is 14.1. The highest BCUT2D eigenvalue weighted by Crippen LogP contribution is 2.25. The van der Waals surface area contributed by atoms with Crippen molar-refractivity contribution in [3.63, 3.8) is 0 Å². The lowest BCUT2D eigenvalue weighted by atomic mass is 10.2. The highest BCUT2D eigenvalue weighted by molar-refractivity contribution is 7.91. The second kappa shape index (κ2) is 6.81. The Balaban J connectivity index is 1.63. The Morgan fingerprint density at radius 3 is 2.44 bits per heavy atom. The summed E-state index contributed by atoms with van der Waals surface area (Å²) in [5.41, 5.74) is 1.37. The van der Waals surface area contributed by atoms with E-state index >= 15 is 0 Å². The zero-order valence-corrected chi connectivity index (χ0v) is 14.9. The van der Waals surface area contributed by atoms with Crippen LogP contribution in [0.15, 0.2) is 89.4 Å². The number of hydrogen-bond acceptors (Lipinski definition) is 4. The van der Waals surface area contributed by atoms with Crippen LogP contribution in [0.25, 0.3) is 5.69 Å². The van der Waals surface area contributed by atoms with Crippen molar-refractivity contribution in [3.05, 3.63) is 91.0 Å². The summed E-state index contributed by atoms with van der Waals surface area (Å²) < 4.78 is 43.5. The Hall–Kier alpha value is -3.26. The molecule has 0 aliphatic rings. The molecule has 0 unspecified atom stereocenters. The molecule has 136 valence electrons. The second-order valence-corrected chi connectivity index (χ2v) is 7.87. The first-order valence-corrected chi connectivity index (χ1v) is 9.62. The van der Waals surface area contributed by atoms with Gasteiger partial charge in [-0.25, -0.2) is 22.5 Å². The lowest BCUT2D eigenvalue weighted by molar-refractivity contribution is 0.566. The molecule has 4 rings (SSSR count). The Morgan fingerprint density at radius 2 is 1.81 bits per heavy atom. The third kappa shape index (κ3) is 3.39. The molecular weight excluding hydrogens is 367 g/mol. The number of hydrogen-bond donors (Lipinski definition) is 0. The van der Waals surface area contributed by atoms with Gasteiger partial charge in [0.1, 0.15) is 10.7 Å². The highest BCUT2D eigenvalue weighted by Gasteiger charge is 2.22. The first-order chi connectivity index (χ1) is 13.0. The molecule has 2 heterocycles. The predicted molar refractivity (Wildman–Crippen MR) is 96.7 cm³/mol. The van der Waals surface area contributed by atoms with E-state index in [4.69, 9.17) is 0 Å². The molecule has 4 aromatic rings. The van der Waals surface area contributed by atoms with E-state index in [2.05, 4.69) is 10.1 Å². The van der Waals surface area contributed by atoms with Gasteiger partial charge in [-0.05, 0) is 35.9 Å². The van der Waals surface area contributed by atoms with Crippen molar-refractivity contribution in [2.45, 2.75) is 16.3 Å². The molecule has 2 aromatic carbocycles. The minimum absolute atomic E-state index is 0.0441. The standard InChI is InChI=1S/C19H15FN4O2S/c20-18-12-16(24-10-1-8-22-24)4-7-19(18)27(25,26)17-5-2-15(3-6-17)13-23-11-9-21-14-23/h1-12,14H,13H2. The van der Waals surface area contributed by atoms with E-state index in [1.165, 1.54) is 28.9 Å². The van der Waals surface area contributed by atoms with Crippen LogP contribution in [0.2, 0.25) is 0 Å². The maximum absolute atomic E-state index is 14.5. The largest absolute Gasteiger partial charge is 0.333 e. The van der Waals surface area contributed by atoms with Crippen molar-refractivity contribution in [3.8, 4) is 5.69 Å². The first kappa shape index (κ1) is 17.2. The number of aromatic nitrogens is 4. The topological polar surface area (TPSA) is 69.8 Å². The van der Waals surface area contributed by atoms with E-state index < -0.39 is 15.7 Å². The summed E-state index contributed by atoms with van der Waals surface area (Å²) in [6.45, 7) is 0.577. The van der Waals surface area contributed by atoms with Crippen LogP contribution in [0.4, 0.5) is 4.39 Å². The van der Waals surface area contributed by atoms with Crippen LogP contribution in [0, 0.1) is 5.82 Å². The molecule has 0 fully saturated rings. The van der Waals surface area contributed by atoms with Gasteiger partial charge in [0.05, 0.1) is 16.9 Å². The van der Waals surface area contributed by atoms with Gasteiger partial charge in [0.2, 0.25) is 9.84 Å². The summed E-state index contributed by atoms with van der Waals surface area (Å²) in [4.78, 5) is 3.65. The van der Waals surface area contributed by atoms with Crippen LogP contribution < -0.4 is 0 Å². The SMILES string of the molecule is O=S(=O)(c1ccc(Cn2ccnc2)cc1)c1ccc(-n2cccn2)cc1F. The molecule has 0 atom stereocenters. The van der Waals surface area contributed by atoms with Crippen LogP contribution in [-0.4, -0.2) is 27.7 Å². The summed E-state index contributed by atoms with van der Waals surface area (Å²) in [5.74, 6) is -0.814. The minimum Gasteiger partial charge on any atom is -0.333 e. The number of rotatable bonds is 5. The third-order valence-corrected chi connectivity index (χ3v) is 5.93. The smallest absolute Gasteiger partial charge is 0.209 e. The minimum atomic E-state index is -3.96. The van der Waals surface area contributed by atoms with Gasteiger partial charge >= 0.3 is 0 Å².